The molecule has 154 valence electrons. The van der Waals surface area contributed by atoms with E-state index in [4.69, 9.17) is 16.3 Å². The highest BCUT2D eigenvalue weighted by Gasteiger charge is 2.14. The summed E-state index contributed by atoms with van der Waals surface area (Å²) >= 11 is 5.80. The molecule has 1 aromatic carbocycles. The summed E-state index contributed by atoms with van der Waals surface area (Å²) in [4.78, 5) is 16.7. The molecular formula is C22H27ClN4O2. The summed E-state index contributed by atoms with van der Waals surface area (Å²) < 4.78 is 5.68. The van der Waals surface area contributed by atoms with Gasteiger partial charge in [-0.25, -0.2) is 4.98 Å². The number of aromatic nitrogens is 1. The van der Waals surface area contributed by atoms with Gasteiger partial charge in [-0.05, 0) is 67.4 Å². The van der Waals surface area contributed by atoms with Gasteiger partial charge < -0.3 is 20.7 Å². The molecule has 2 aromatic rings. The lowest BCUT2D eigenvalue weighted by Gasteiger charge is -2.13. The summed E-state index contributed by atoms with van der Waals surface area (Å²) in [6, 6.07) is 9.16. The highest BCUT2D eigenvalue weighted by Crippen LogP contribution is 2.18. The van der Waals surface area contributed by atoms with Gasteiger partial charge in [0.05, 0.1) is 0 Å². The third-order valence-corrected chi connectivity index (χ3v) is 4.99. The number of hydrogen-bond acceptors (Lipinski definition) is 5. The van der Waals surface area contributed by atoms with Gasteiger partial charge in [0.2, 0.25) is 0 Å². The molecule has 2 heterocycles. The molecule has 1 aromatic heterocycles. The van der Waals surface area contributed by atoms with E-state index in [9.17, 15) is 4.79 Å². The van der Waals surface area contributed by atoms with Crippen molar-refractivity contribution in [3.63, 3.8) is 0 Å². The summed E-state index contributed by atoms with van der Waals surface area (Å²) in [5, 5.41) is 10.2. The molecule has 0 radical (unpaired) electrons. The second-order valence-electron chi connectivity index (χ2n) is 7.13. The van der Waals surface area contributed by atoms with Crippen molar-refractivity contribution in [1.82, 2.24) is 20.9 Å². The van der Waals surface area contributed by atoms with Gasteiger partial charge in [-0.1, -0.05) is 30.3 Å². The van der Waals surface area contributed by atoms with Crippen molar-refractivity contribution in [2.24, 2.45) is 5.92 Å². The molecule has 3 rings (SSSR count). The topological polar surface area (TPSA) is 75.3 Å². The Balaban J connectivity index is 1.63. The van der Waals surface area contributed by atoms with Crippen molar-refractivity contribution >= 4 is 17.5 Å². The number of halogens is 1. The molecule has 0 saturated carbocycles. The van der Waals surface area contributed by atoms with Crippen LogP contribution >= 0.6 is 11.6 Å². The minimum atomic E-state index is -0.162. The smallest absolute Gasteiger partial charge is 0.251 e. The first-order chi connectivity index (χ1) is 14.1. The maximum Gasteiger partial charge on any atom is 0.251 e. The Labute approximate surface area is 176 Å². The summed E-state index contributed by atoms with van der Waals surface area (Å²) in [6.45, 7) is 8.23. The molecule has 29 heavy (non-hydrogen) atoms. The van der Waals surface area contributed by atoms with E-state index in [1.807, 2.05) is 18.2 Å². The molecule has 1 aliphatic heterocycles. The zero-order chi connectivity index (χ0) is 20.5. The van der Waals surface area contributed by atoms with Gasteiger partial charge >= 0.3 is 0 Å². The number of pyridine rings is 1. The molecule has 3 N–H and O–H groups in total. The first-order valence-electron chi connectivity index (χ1n) is 9.82. The molecule has 0 spiro atoms. The third kappa shape index (κ3) is 6.85. The van der Waals surface area contributed by atoms with Gasteiger partial charge in [0.25, 0.3) is 5.91 Å². The predicted molar refractivity (Wildman–Crippen MR) is 115 cm³/mol. The number of rotatable bonds is 10. The fourth-order valence-electron chi connectivity index (χ4n) is 3.24. The van der Waals surface area contributed by atoms with Crippen LogP contribution in [0.15, 0.2) is 49.2 Å². The normalized spacial score (nSPS) is 15.8. The number of ether oxygens (including phenoxy) is 1. The number of nitrogens with one attached hydrogen (secondary N) is 3. The van der Waals surface area contributed by atoms with E-state index in [2.05, 4.69) is 27.5 Å². The first-order valence-corrected chi connectivity index (χ1v) is 10.2. The molecule has 1 saturated heterocycles. The molecule has 1 fully saturated rings. The number of nitrogens with zero attached hydrogens (tertiary/aromatic N) is 1. The van der Waals surface area contributed by atoms with Crippen molar-refractivity contribution < 1.29 is 9.53 Å². The van der Waals surface area contributed by atoms with E-state index in [1.54, 1.807) is 24.4 Å². The minimum Gasteiger partial charge on any atom is -0.490 e. The van der Waals surface area contributed by atoms with Gasteiger partial charge in [0.15, 0.2) is 0 Å². The van der Waals surface area contributed by atoms with E-state index in [-0.39, 0.29) is 5.91 Å². The van der Waals surface area contributed by atoms with Crippen LogP contribution in [0.1, 0.15) is 27.9 Å². The Morgan fingerprint density at radius 1 is 1.31 bits per heavy atom. The van der Waals surface area contributed by atoms with Crippen molar-refractivity contribution in [3.8, 4) is 5.75 Å². The predicted octanol–water partition coefficient (Wildman–Crippen LogP) is 2.93. The second kappa shape index (κ2) is 11.0. The quantitative estimate of drug-likeness (QED) is 0.411. The van der Waals surface area contributed by atoms with Crippen LogP contribution in [0.5, 0.6) is 5.75 Å². The Kier molecular flexibility index (Phi) is 8.04. The van der Waals surface area contributed by atoms with Crippen LogP contribution < -0.4 is 20.7 Å². The summed E-state index contributed by atoms with van der Waals surface area (Å²) in [7, 11) is 0. The fourth-order valence-corrected chi connectivity index (χ4v) is 3.35. The van der Waals surface area contributed by atoms with Crippen LogP contribution in [0.25, 0.3) is 0 Å². The summed E-state index contributed by atoms with van der Waals surface area (Å²) in [5.74, 6) is 1.15. The lowest BCUT2D eigenvalue weighted by atomic mass is 10.1. The number of carbonyl (C=O) groups is 1. The van der Waals surface area contributed by atoms with E-state index in [0.717, 1.165) is 30.8 Å². The lowest BCUT2D eigenvalue weighted by molar-refractivity contribution is 0.0950. The Morgan fingerprint density at radius 2 is 2.21 bits per heavy atom. The van der Waals surface area contributed by atoms with Crippen LogP contribution in [-0.4, -0.2) is 37.1 Å². The average Bonchev–Trinajstić information content (AvgIpc) is 3.25. The second-order valence-corrected chi connectivity index (χ2v) is 7.51. The monoisotopic (exact) mass is 414 g/mol. The largest absolute Gasteiger partial charge is 0.490 e. The molecule has 0 bridgehead atoms. The summed E-state index contributed by atoms with van der Waals surface area (Å²) in [6.07, 6.45) is 4.54. The summed E-state index contributed by atoms with van der Waals surface area (Å²) in [5.41, 5.74) is 2.46. The molecule has 7 heteroatoms. The van der Waals surface area contributed by atoms with Crippen molar-refractivity contribution in [2.75, 3.05) is 26.2 Å². The van der Waals surface area contributed by atoms with Crippen molar-refractivity contribution in [2.45, 2.75) is 19.5 Å². The number of hydrogen-bond donors (Lipinski definition) is 3. The Morgan fingerprint density at radius 3 is 2.93 bits per heavy atom. The molecule has 1 atom stereocenters. The van der Waals surface area contributed by atoms with Crippen LogP contribution in [-0.2, 0) is 13.1 Å². The van der Waals surface area contributed by atoms with E-state index in [1.165, 1.54) is 6.42 Å². The molecule has 1 aliphatic rings. The molecular weight excluding hydrogens is 388 g/mol. The number of carbonyl (C=O) groups excluding carboxylic acids is 1. The highest BCUT2D eigenvalue weighted by molar-refractivity contribution is 6.29. The fraction of sp³-hybridized carbons (Fsp3) is 0.364. The zero-order valence-corrected chi connectivity index (χ0v) is 17.2. The molecule has 1 unspecified atom stereocenters. The molecule has 0 aliphatic carbocycles. The minimum absolute atomic E-state index is 0.162. The van der Waals surface area contributed by atoms with Crippen LogP contribution in [0.4, 0.5) is 0 Å². The van der Waals surface area contributed by atoms with Crippen LogP contribution in [0.3, 0.4) is 0 Å². The zero-order valence-electron chi connectivity index (χ0n) is 16.4. The maximum atomic E-state index is 12.7. The molecule has 1 amide bonds. The van der Waals surface area contributed by atoms with Gasteiger partial charge in [0.1, 0.15) is 17.5 Å². The first kappa shape index (κ1) is 21.3. The van der Waals surface area contributed by atoms with Crippen molar-refractivity contribution in [3.05, 3.63) is 71.0 Å². The standard InChI is InChI=1S/C22H27ClN4O2/c1-2-7-29-20-9-18(13-25-12-17-5-6-24-11-17)8-19(10-20)22(28)27-15-16-3-4-21(23)26-14-16/h2-4,8-10,14,17,24-25H,1,5-7,11-13,15H2,(H,27,28). The van der Waals surface area contributed by atoms with Gasteiger partial charge in [-0.3, -0.25) is 4.79 Å². The lowest BCUT2D eigenvalue weighted by Crippen LogP contribution is -2.25. The van der Waals surface area contributed by atoms with E-state index in [0.29, 0.717) is 42.1 Å². The van der Waals surface area contributed by atoms with Gasteiger partial charge in [0, 0.05) is 24.8 Å². The van der Waals surface area contributed by atoms with E-state index >= 15 is 0 Å². The number of amides is 1. The van der Waals surface area contributed by atoms with Crippen LogP contribution in [0.2, 0.25) is 5.15 Å². The highest BCUT2D eigenvalue weighted by atomic mass is 35.5. The average molecular weight is 415 g/mol. The van der Waals surface area contributed by atoms with Crippen molar-refractivity contribution in [1.29, 1.82) is 0 Å². The SMILES string of the molecule is C=CCOc1cc(CNCC2CCNC2)cc(C(=O)NCc2ccc(Cl)nc2)c1. The van der Waals surface area contributed by atoms with E-state index < -0.39 is 0 Å². The molecule has 6 nitrogen and oxygen atoms in total. The van der Waals surface area contributed by atoms with Gasteiger partial charge in [-0.15, -0.1) is 0 Å². The van der Waals surface area contributed by atoms with Crippen LogP contribution in [0, 0.1) is 5.92 Å². The third-order valence-electron chi connectivity index (χ3n) is 4.76. The Hall–Kier alpha value is -2.41. The Bertz CT molecular complexity index is 820. The maximum absolute atomic E-state index is 12.7. The number of benzene rings is 1. The van der Waals surface area contributed by atoms with Gasteiger partial charge in [-0.2, -0.15) is 0 Å².